The fourth-order valence-electron chi connectivity index (χ4n) is 5.56. The Kier molecular flexibility index (Phi) is 10.8. The van der Waals surface area contributed by atoms with Gasteiger partial charge in [0, 0.05) is 58.3 Å². The van der Waals surface area contributed by atoms with Gasteiger partial charge in [0.2, 0.25) is 5.91 Å². The van der Waals surface area contributed by atoms with Gasteiger partial charge in [-0.1, -0.05) is 43.5 Å². The van der Waals surface area contributed by atoms with E-state index in [1.807, 2.05) is 11.9 Å². The Hall–Kier alpha value is -1.35. The first-order valence-electron chi connectivity index (χ1n) is 12.8. The van der Waals surface area contributed by atoms with Crippen LogP contribution in [0, 0.1) is 0 Å². The zero-order valence-electron chi connectivity index (χ0n) is 20.2. The van der Waals surface area contributed by atoms with Gasteiger partial charge >= 0.3 is 0 Å². The van der Waals surface area contributed by atoms with E-state index in [1.165, 1.54) is 69.2 Å². The molecule has 1 saturated carbocycles. The second kappa shape index (κ2) is 13.5. The minimum Gasteiger partial charge on any atom is -0.356 e. The highest BCUT2D eigenvalue weighted by Crippen LogP contribution is 2.25. The van der Waals surface area contributed by atoms with Crippen LogP contribution in [0.2, 0.25) is 0 Å². The maximum Gasteiger partial charge on any atom is 0.222 e. The topological polar surface area (TPSA) is 60.0 Å². The molecule has 33 heavy (non-hydrogen) atoms. The number of carbonyl (C=O) groups is 1. The summed E-state index contributed by atoms with van der Waals surface area (Å²) in [6.07, 6.45) is 11.8. The second-order valence-electron chi connectivity index (χ2n) is 9.68. The summed E-state index contributed by atoms with van der Waals surface area (Å²) in [6.45, 7) is 4.77. The van der Waals surface area contributed by atoms with Crippen LogP contribution in [0.3, 0.4) is 0 Å². The Balaban J connectivity index is 0.00000306. The van der Waals surface area contributed by atoms with Gasteiger partial charge in [0.15, 0.2) is 5.96 Å². The lowest BCUT2D eigenvalue weighted by Gasteiger charge is -2.39. The molecule has 7 heteroatoms. The van der Waals surface area contributed by atoms with Crippen LogP contribution in [0.4, 0.5) is 0 Å². The van der Waals surface area contributed by atoms with Crippen molar-refractivity contribution in [2.75, 3.05) is 33.2 Å². The summed E-state index contributed by atoms with van der Waals surface area (Å²) in [5, 5.41) is 7.03. The molecular weight excluding hydrogens is 525 g/mol. The highest BCUT2D eigenvalue weighted by Gasteiger charge is 2.26. The van der Waals surface area contributed by atoms with Crippen molar-refractivity contribution in [1.29, 1.82) is 0 Å². The predicted molar refractivity (Wildman–Crippen MR) is 146 cm³/mol. The Labute approximate surface area is 217 Å². The molecule has 0 unspecified atom stereocenters. The van der Waals surface area contributed by atoms with E-state index < -0.39 is 0 Å². The molecule has 1 amide bonds. The molecule has 2 fully saturated rings. The lowest BCUT2D eigenvalue weighted by atomic mass is 9.92. The van der Waals surface area contributed by atoms with E-state index in [9.17, 15) is 4.79 Å². The number of nitrogens with zero attached hydrogens (tertiary/aromatic N) is 3. The van der Waals surface area contributed by atoms with Crippen molar-refractivity contribution in [1.82, 2.24) is 20.4 Å². The summed E-state index contributed by atoms with van der Waals surface area (Å²) in [7, 11) is 1.84. The number of fused-ring (bicyclic) bond motifs is 1. The molecule has 0 bridgehead atoms. The fourth-order valence-corrected chi connectivity index (χ4v) is 5.56. The maximum atomic E-state index is 12.6. The molecule has 6 nitrogen and oxygen atoms in total. The molecule has 2 N–H and O–H groups in total. The molecule has 3 aliphatic rings. The lowest BCUT2D eigenvalue weighted by molar-refractivity contribution is -0.132. The van der Waals surface area contributed by atoms with Gasteiger partial charge < -0.3 is 20.4 Å². The number of carbonyl (C=O) groups excluding carboxylic acids is 1. The van der Waals surface area contributed by atoms with Crippen molar-refractivity contribution in [3.63, 3.8) is 0 Å². The molecule has 1 aromatic rings. The van der Waals surface area contributed by atoms with Crippen molar-refractivity contribution in [3.05, 3.63) is 35.4 Å². The molecule has 2 aliphatic heterocycles. The normalized spacial score (nSPS) is 20.6. The van der Waals surface area contributed by atoms with Crippen molar-refractivity contribution < 1.29 is 4.79 Å². The number of halogens is 1. The van der Waals surface area contributed by atoms with Gasteiger partial charge in [-0.2, -0.15) is 0 Å². The Morgan fingerprint density at radius 1 is 1.03 bits per heavy atom. The van der Waals surface area contributed by atoms with Crippen molar-refractivity contribution >= 4 is 35.8 Å². The number of hydrogen-bond acceptors (Lipinski definition) is 3. The summed E-state index contributed by atoms with van der Waals surface area (Å²) >= 11 is 0. The minimum atomic E-state index is 0. The van der Waals surface area contributed by atoms with Crippen molar-refractivity contribution in [3.8, 4) is 0 Å². The van der Waals surface area contributed by atoms with E-state index in [4.69, 9.17) is 0 Å². The first-order chi connectivity index (χ1) is 15.7. The van der Waals surface area contributed by atoms with Gasteiger partial charge in [0.25, 0.3) is 0 Å². The molecule has 0 spiro atoms. The summed E-state index contributed by atoms with van der Waals surface area (Å²) in [6, 6.07) is 9.80. The summed E-state index contributed by atoms with van der Waals surface area (Å²) in [5.74, 6) is 1.14. The molecule has 1 aliphatic carbocycles. The zero-order chi connectivity index (χ0) is 22.2. The molecular formula is C26H42IN5O. The number of aliphatic imine (C=N–C) groups is 1. The quantitative estimate of drug-likeness (QED) is 0.237. The number of likely N-dealkylation sites (tertiary alicyclic amines) is 1. The van der Waals surface area contributed by atoms with Crippen LogP contribution in [0.5, 0.6) is 0 Å². The monoisotopic (exact) mass is 567 g/mol. The van der Waals surface area contributed by atoms with E-state index in [0.29, 0.717) is 12.5 Å². The lowest BCUT2D eigenvalue weighted by Crippen LogP contribution is -2.51. The number of guanidine groups is 1. The van der Waals surface area contributed by atoms with E-state index in [2.05, 4.69) is 44.8 Å². The fraction of sp³-hybridized carbons (Fsp3) is 0.692. The Morgan fingerprint density at radius 3 is 2.48 bits per heavy atom. The molecule has 0 radical (unpaired) electrons. The number of amides is 1. The molecule has 1 aromatic carbocycles. The highest BCUT2D eigenvalue weighted by molar-refractivity contribution is 14.0. The molecule has 1 saturated heterocycles. The Morgan fingerprint density at radius 2 is 1.76 bits per heavy atom. The van der Waals surface area contributed by atoms with E-state index in [-0.39, 0.29) is 29.9 Å². The third kappa shape index (κ3) is 7.57. The first kappa shape index (κ1) is 26.3. The largest absolute Gasteiger partial charge is 0.356 e. The van der Waals surface area contributed by atoms with Crippen LogP contribution in [0.25, 0.3) is 0 Å². The van der Waals surface area contributed by atoms with Crippen LogP contribution >= 0.6 is 24.0 Å². The van der Waals surface area contributed by atoms with E-state index >= 15 is 0 Å². The van der Waals surface area contributed by atoms with Gasteiger partial charge in [-0.25, -0.2) is 0 Å². The zero-order valence-corrected chi connectivity index (χ0v) is 22.6. The van der Waals surface area contributed by atoms with Crippen LogP contribution in [-0.4, -0.2) is 67.0 Å². The van der Waals surface area contributed by atoms with Crippen LogP contribution in [0.15, 0.2) is 29.3 Å². The van der Waals surface area contributed by atoms with Crippen LogP contribution < -0.4 is 10.6 Å². The molecule has 4 rings (SSSR count). The summed E-state index contributed by atoms with van der Waals surface area (Å²) in [5.41, 5.74) is 2.68. The van der Waals surface area contributed by atoms with Crippen LogP contribution in [-0.2, 0) is 17.8 Å². The van der Waals surface area contributed by atoms with Gasteiger partial charge in [-0.3, -0.25) is 9.79 Å². The van der Waals surface area contributed by atoms with Gasteiger partial charge in [0.1, 0.15) is 0 Å². The van der Waals surface area contributed by atoms with E-state index in [0.717, 1.165) is 44.5 Å². The maximum absolute atomic E-state index is 12.6. The smallest absolute Gasteiger partial charge is 0.222 e. The number of nitrogens with one attached hydrogen (secondary N) is 2. The number of piperidine rings is 1. The summed E-state index contributed by atoms with van der Waals surface area (Å²) in [4.78, 5) is 21.8. The molecule has 0 aromatic heterocycles. The molecule has 184 valence electrons. The van der Waals surface area contributed by atoms with Gasteiger partial charge in [-0.05, 0) is 49.7 Å². The standard InChI is InChI=1S/C26H41N5O.HI/c1-27-26(29-23-14-18-30(19-15-23)24-10-3-2-4-11-24)28-16-7-12-25(32)31-17-13-21-8-5-6-9-22(21)20-31;/h5-6,8-9,23-24H,2-4,7,10-20H2,1H3,(H2,27,28,29);1H. The number of hydrogen-bond donors (Lipinski definition) is 2. The second-order valence-corrected chi connectivity index (χ2v) is 9.68. The highest BCUT2D eigenvalue weighted by atomic mass is 127. The average molecular weight is 568 g/mol. The van der Waals surface area contributed by atoms with Gasteiger partial charge in [0.05, 0.1) is 0 Å². The van der Waals surface area contributed by atoms with Crippen molar-refractivity contribution in [2.24, 2.45) is 4.99 Å². The minimum absolute atomic E-state index is 0. The van der Waals surface area contributed by atoms with E-state index in [1.54, 1.807) is 0 Å². The van der Waals surface area contributed by atoms with Crippen molar-refractivity contribution in [2.45, 2.75) is 82.8 Å². The molecule has 2 heterocycles. The average Bonchev–Trinajstić information content (AvgIpc) is 2.86. The Bertz CT molecular complexity index is 772. The third-order valence-corrected chi connectivity index (χ3v) is 7.53. The molecule has 0 atom stereocenters. The number of benzene rings is 1. The summed E-state index contributed by atoms with van der Waals surface area (Å²) < 4.78 is 0. The number of rotatable bonds is 6. The first-order valence-corrected chi connectivity index (χ1v) is 12.8. The third-order valence-electron chi connectivity index (χ3n) is 7.53. The SMILES string of the molecule is CN=C(NCCCC(=O)N1CCc2ccccc2C1)NC1CCN(C2CCCCC2)CC1.I. The van der Waals surface area contributed by atoms with Crippen LogP contribution in [0.1, 0.15) is 68.9 Å². The van der Waals surface area contributed by atoms with Gasteiger partial charge in [-0.15, -0.1) is 24.0 Å². The predicted octanol–water partition coefficient (Wildman–Crippen LogP) is 3.93.